The number of aryl methyl sites for hydroxylation is 1. The SMILES string of the molecule is COc1cccc(C(c2c(NC(=O)c3ccccc3)sc(C)c2C)N2CCN(CCO)CC2)c1. The van der Waals surface area contributed by atoms with Crippen LogP contribution in [-0.4, -0.2) is 67.3 Å². The highest BCUT2D eigenvalue weighted by molar-refractivity contribution is 7.16. The predicted octanol–water partition coefficient (Wildman–Crippen LogP) is 4.33. The van der Waals surface area contributed by atoms with E-state index >= 15 is 0 Å². The molecule has 0 bridgehead atoms. The Balaban J connectivity index is 1.73. The third kappa shape index (κ3) is 5.33. The van der Waals surface area contributed by atoms with E-state index in [0.29, 0.717) is 12.1 Å². The summed E-state index contributed by atoms with van der Waals surface area (Å²) < 4.78 is 5.54. The average Bonchev–Trinajstić information content (AvgIpc) is 3.14. The summed E-state index contributed by atoms with van der Waals surface area (Å²) in [5.41, 5.74) is 4.15. The molecular formula is C27H33N3O3S. The van der Waals surface area contributed by atoms with Gasteiger partial charge in [-0.25, -0.2) is 0 Å². The zero-order valence-electron chi connectivity index (χ0n) is 20.1. The summed E-state index contributed by atoms with van der Waals surface area (Å²) in [5.74, 6) is 0.723. The molecule has 2 aromatic carbocycles. The Morgan fingerprint density at radius 1 is 1.09 bits per heavy atom. The highest BCUT2D eigenvalue weighted by Crippen LogP contribution is 2.43. The van der Waals surface area contributed by atoms with Crippen LogP contribution in [0.1, 0.15) is 38.0 Å². The quantitative estimate of drug-likeness (QED) is 0.504. The molecular weight excluding hydrogens is 446 g/mol. The maximum atomic E-state index is 13.1. The lowest BCUT2D eigenvalue weighted by atomic mass is 9.94. The molecule has 1 aliphatic rings. The van der Waals surface area contributed by atoms with Crippen molar-refractivity contribution in [3.63, 3.8) is 0 Å². The fraction of sp³-hybridized carbons (Fsp3) is 0.370. The van der Waals surface area contributed by atoms with Crippen molar-refractivity contribution in [1.29, 1.82) is 0 Å². The number of benzene rings is 2. The summed E-state index contributed by atoms with van der Waals surface area (Å²) in [6, 6.07) is 17.6. The van der Waals surface area contributed by atoms with Gasteiger partial charge in [0.05, 0.1) is 19.8 Å². The number of carbonyl (C=O) groups excluding carboxylic acids is 1. The van der Waals surface area contributed by atoms with E-state index < -0.39 is 0 Å². The highest BCUT2D eigenvalue weighted by atomic mass is 32.1. The third-order valence-electron chi connectivity index (χ3n) is 6.57. The number of nitrogens with zero attached hydrogens (tertiary/aromatic N) is 2. The molecule has 3 aromatic rings. The van der Waals surface area contributed by atoms with Crippen LogP contribution in [0.2, 0.25) is 0 Å². The number of thiophene rings is 1. The van der Waals surface area contributed by atoms with E-state index in [2.05, 4.69) is 41.1 Å². The standard InChI is InChI=1S/C27H33N3O3S/c1-19-20(2)34-27(28-26(32)21-8-5-4-6-9-21)24(19)25(22-10-7-11-23(18-22)33-3)30-14-12-29(13-15-30)16-17-31/h4-11,18,25,31H,12-17H2,1-3H3,(H,28,32). The number of rotatable bonds is 8. The first kappa shape index (κ1) is 24.4. The van der Waals surface area contributed by atoms with Crippen LogP contribution in [0.4, 0.5) is 5.00 Å². The number of β-amino-alcohol motifs (C(OH)–C–C–N with tert-alkyl or cyclic N) is 1. The Morgan fingerprint density at radius 2 is 1.82 bits per heavy atom. The number of anilines is 1. The first-order valence-electron chi connectivity index (χ1n) is 11.7. The van der Waals surface area contributed by atoms with E-state index in [-0.39, 0.29) is 18.6 Å². The van der Waals surface area contributed by atoms with E-state index in [1.165, 1.54) is 10.4 Å². The molecule has 0 radical (unpaired) electrons. The van der Waals surface area contributed by atoms with Gasteiger partial charge in [-0.05, 0) is 49.2 Å². The number of aliphatic hydroxyl groups excluding tert-OH is 1. The number of carbonyl (C=O) groups is 1. The van der Waals surface area contributed by atoms with Crippen LogP contribution in [-0.2, 0) is 0 Å². The van der Waals surface area contributed by atoms with Crippen molar-refractivity contribution in [2.45, 2.75) is 19.9 Å². The molecule has 4 rings (SSSR count). The van der Waals surface area contributed by atoms with Crippen LogP contribution in [0.3, 0.4) is 0 Å². The molecule has 1 saturated heterocycles. The van der Waals surface area contributed by atoms with Gasteiger partial charge in [0.2, 0.25) is 0 Å². The molecule has 1 amide bonds. The van der Waals surface area contributed by atoms with Crippen molar-refractivity contribution < 1.29 is 14.6 Å². The molecule has 0 saturated carbocycles. The summed E-state index contributed by atoms with van der Waals surface area (Å²) in [6.07, 6.45) is 0. The Labute approximate surface area is 205 Å². The molecule has 2 N–H and O–H groups in total. The summed E-state index contributed by atoms with van der Waals surface area (Å²) in [4.78, 5) is 19.0. The largest absolute Gasteiger partial charge is 0.497 e. The minimum atomic E-state index is -0.0970. The molecule has 1 fully saturated rings. The van der Waals surface area contributed by atoms with Crippen LogP contribution in [0.15, 0.2) is 54.6 Å². The van der Waals surface area contributed by atoms with Crippen LogP contribution in [0.5, 0.6) is 5.75 Å². The fourth-order valence-electron chi connectivity index (χ4n) is 4.59. The molecule has 1 unspecified atom stereocenters. The van der Waals surface area contributed by atoms with Gasteiger partial charge in [0.25, 0.3) is 5.91 Å². The van der Waals surface area contributed by atoms with Gasteiger partial charge in [0.1, 0.15) is 10.8 Å². The van der Waals surface area contributed by atoms with Crippen molar-refractivity contribution in [2.24, 2.45) is 0 Å². The topological polar surface area (TPSA) is 65.0 Å². The number of piperazine rings is 1. The summed E-state index contributed by atoms with van der Waals surface area (Å²) in [7, 11) is 1.69. The average molecular weight is 480 g/mol. The van der Waals surface area contributed by atoms with Crippen molar-refractivity contribution in [1.82, 2.24) is 9.80 Å². The third-order valence-corrected chi connectivity index (χ3v) is 7.70. The monoisotopic (exact) mass is 479 g/mol. The second-order valence-corrected chi connectivity index (χ2v) is 9.85. The van der Waals surface area contributed by atoms with Crippen LogP contribution in [0.25, 0.3) is 0 Å². The van der Waals surface area contributed by atoms with Gasteiger partial charge in [0.15, 0.2) is 0 Å². The van der Waals surface area contributed by atoms with Gasteiger partial charge in [-0.2, -0.15) is 0 Å². The van der Waals surface area contributed by atoms with Gasteiger partial charge in [-0.15, -0.1) is 11.3 Å². The first-order valence-corrected chi connectivity index (χ1v) is 12.5. The minimum Gasteiger partial charge on any atom is -0.497 e. The van der Waals surface area contributed by atoms with Crippen molar-refractivity contribution >= 4 is 22.2 Å². The van der Waals surface area contributed by atoms with Gasteiger partial charge >= 0.3 is 0 Å². The molecule has 0 spiro atoms. The lowest BCUT2D eigenvalue weighted by Crippen LogP contribution is -2.48. The predicted molar refractivity (Wildman–Crippen MR) is 138 cm³/mol. The Kier molecular flexibility index (Phi) is 8.00. The zero-order valence-corrected chi connectivity index (χ0v) is 20.9. The van der Waals surface area contributed by atoms with E-state index in [1.807, 2.05) is 42.5 Å². The van der Waals surface area contributed by atoms with E-state index in [4.69, 9.17) is 4.74 Å². The van der Waals surface area contributed by atoms with Crippen LogP contribution in [0, 0.1) is 13.8 Å². The lowest BCUT2D eigenvalue weighted by Gasteiger charge is -2.40. The van der Waals surface area contributed by atoms with Gasteiger partial charge < -0.3 is 15.2 Å². The zero-order chi connectivity index (χ0) is 24.1. The second-order valence-electron chi connectivity index (χ2n) is 8.63. The number of hydrogen-bond donors (Lipinski definition) is 2. The molecule has 1 aliphatic heterocycles. The first-order chi connectivity index (χ1) is 16.5. The number of hydrogen-bond acceptors (Lipinski definition) is 6. The normalized spacial score (nSPS) is 15.8. The second kappa shape index (κ2) is 11.1. The maximum Gasteiger partial charge on any atom is 0.256 e. The molecule has 6 nitrogen and oxygen atoms in total. The number of nitrogens with one attached hydrogen (secondary N) is 1. The number of methoxy groups -OCH3 is 1. The Bertz CT molecular complexity index is 1110. The molecule has 180 valence electrons. The lowest BCUT2D eigenvalue weighted by molar-refractivity contribution is 0.0944. The van der Waals surface area contributed by atoms with E-state index in [0.717, 1.165) is 48.1 Å². The molecule has 7 heteroatoms. The molecule has 1 atom stereocenters. The van der Waals surface area contributed by atoms with Crippen LogP contribution >= 0.6 is 11.3 Å². The number of amides is 1. The van der Waals surface area contributed by atoms with E-state index in [1.54, 1.807) is 18.4 Å². The van der Waals surface area contributed by atoms with Crippen molar-refractivity contribution in [3.8, 4) is 5.75 Å². The fourth-order valence-corrected chi connectivity index (χ4v) is 5.68. The molecule has 1 aromatic heterocycles. The Hall–Kier alpha value is -2.71. The van der Waals surface area contributed by atoms with Gasteiger partial charge in [-0.1, -0.05) is 30.3 Å². The van der Waals surface area contributed by atoms with Crippen LogP contribution < -0.4 is 10.1 Å². The summed E-state index contributed by atoms with van der Waals surface area (Å²) in [5, 5.41) is 13.5. The smallest absolute Gasteiger partial charge is 0.256 e. The molecule has 2 heterocycles. The Morgan fingerprint density at radius 3 is 2.50 bits per heavy atom. The van der Waals surface area contributed by atoms with Gasteiger partial charge in [-0.3, -0.25) is 14.6 Å². The highest BCUT2D eigenvalue weighted by Gasteiger charge is 2.31. The van der Waals surface area contributed by atoms with E-state index in [9.17, 15) is 9.90 Å². The number of aliphatic hydroxyl groups is 1. The summed E-state index contributed by atoms with van der Waals surface area (Å²) >= 11 is 1.64. The van der Waals surface area contributed by atoms with Gasteiger partial charge in [0, 0.05) is 48.7 Å². The summed E-state index contributed by atoms with van der Waals surface area (Å²) in [6.45, 7) is 8.69. The van der Waals surface area contributed by atoms with Crippen molar-refractivity contribution in [3.05, 3.63) is 81.7 Å². The minimum absolute atomic E-state index is 0.0117. The van der Waals surface area contributed by atoms with Crippen molar-refractivity contribution in [2.75, 3.05) is 51.8 Å². The number of ether oxygens (including phenoxy) is 1. The molecule has 0 aliphatic carbocycles. The molecule has 34 heavy (non-hydrogen) atoms. The maximum absolute atomic E-state index is 13.1.